The van der Waals surface area contributed by atoms with Gasteiger partial charge in [-0.25, -0.2) is 8.42 Å². The highest BCUT2D eigenvalue weighted by Gasteiger charge is 2.23. The molecule has 1 heterocycles. The summed E-state index contributed by atoms with van der Waals surface area (Å²) >= 11 is 0. The summed E-state index contributed by atoms with van der Waals surface area (Å²) in [6, 6.07) is 0.504. The van der Waals surface area contributed by atoms with Gasteiger partial charge < -0.3 is 5.32 Å². The van der Waals surface area contributed by atoms with E-state index in [1.54, 1.807) is 4.31 Å². The summed E-state index contributed by atoms with van der Waals surface area (Å²) < 4.78 is 24.2. The maximum Gasteiger partial charge on any atom is 0.211 e. The van der Waals surface area contributed by atoms with Crippen LogP contribution in [-0.2, 0) is 10.0 Å². The van der Waals surface area contributed by atoms with E-state index in [-0.39, 0.29) is 0 Å². The molecule has 0 aromatic rings. The minimum Gasteiger partial charge on any atom is -0.316 e. The monoisotopic (exact) mass is 249 g/mol. The van der Waals surface area contributed by atoms with Crippen LogP contribution in [0.4, 0.5) is 0 Å². The number of nitrogens with one attached hydrogen (secondary N) is 1. The van der Waals surface area contributed by atoms with Crippen LogP contribution in [-0.4, -0.2) is 69.7 Å². The number of hydrogen-bond donors (Lipinski definition) is 1. The molecular formula is C10H23N3O2S. The Balaban J connectivity index is 2.38. The minimum absolute atomic E-state index is 0.504. The topological polar surface area (TPSA) is 52.7 Å². The maximum absolute atomic E-state index is 11.3. The van der Waals surface area contributed by atoms with Gasteiger partial charge in [0, 0.05) is 38.8 Å². The lowest BCUT2D eigenvalue weighted by molar-refractivity contribution is 0.173. The number of rotatable bonds is 5. The molecule has 96 valence electrons. The third-order valence-corrected chi connectivity index (χ3v) is 4.48. The molecule has 1 rings (SSSR count). The normalized spacial score (nSPS) is 22.2. The quantitative estimate of drug-likeness (QED) is 0.718. The van der Waals surface area contributed by atoms with Gasteiger partial charge in [-0.1, -0.05) is 6.92 Å². The van der Waals surface area contributed by atoms with Gasteiger partial charge in [0.05, 0.1) is 6.26 Å². The predicted molar refractivity (Wildman–Crippen MR) is 66.0 cm³/mol. The zero-order valence-corrected chi connectivity index (χ0v) is 11.3. The van der Waals surface area contributed by atoms with Crippen molar-refractivity contribution in [2.45, 2.75) is 19.4 Å². The van der Waals surface area contributed by atoms with Gasteiger partial charge in [0.25, 0.3) is 0 Å². The first-order valence-corrected chi connectivity index (χ1v) is 7.67. The van der Waals surface area contributed by atoms with Crippen LogP contribution in [0.15, 0.2) is 0 Å². The Morgan fingerprint density at radius 2 is 1.81 bits per heavy atom. The molecule has 0 radical (unpaired) electrons. The van der Waals surface area contributed by atoms with E-state index < -0.39 is 10.0 Å². The molecular weight excluding hydrogens is 226 g/mol. The van der Waals surface area contributed by atoms with Crippen molar-refractivity contribution in [2.24, 2.45) is 0 Å². The molecule has 1 fully saturated rings. The van der Waals surface area contributed by atoms with E-state index in [2.05, 4.69) is 17.1 Å². The lowest BCUT2D eigenvalue weighted by Gasteiger charge is -2.35. The molecule has 5 nitrogen and oxygen atoms in total. The molecule has 1 aliphatic rings. The van der Waals surface area contributed by atoms with Crippen LogP contribution < -0.4 is 5.32 Å². The number of likely N-dealkylation sites (N-methyl/N-ethyl adjacent to an activating group) is 1. The zero-order chi connectivity index (χ0) is 12.2. The Kier molecular flexibility index (Phi) is 5.17. The summed E-state index contributed by atoms with van der Waals surface area (Å²) in [4.78, 5) is 2.33. The first kappa shape index (κ1) is 13.9. The van der Waals surface area contributed by atoms with Crippen molar-refractivity contribution in [1.82, 2.24) is 14.5 Å². The van der Waals surface area contributed by atoms with Crippen molar-refractivity contribution in [1.29, 1.82) is 0 Å². The van der Waals surface area contributed by atoms with Gasteiger partial charge in [0.2, 0.25) is 10.0 Å². The SMILES string of the molecule is CCC(CN1CCN(S(C)(=O)=O)CC1)NC. The van der Waals surface area contributed by atoms with Gasteiger partial charge in [-0.2, -0.15) is 4.31 Å². The molecule has 0 aliphatic carbocycles. The Hall–Kier alpha value is -0.170. The number of sulfonamides is 1. The molecule has 1 saturated heterocycles. The van der Waals surface area contributed by atoms with Gasteiger partial charge in [0.1, 0.15) is 0 Å². The van der Waals surface area contributed by atoms with E-state index in [9.17, 15) is 8.42 Å². The van der Waals surface area contributed by atoms with Crippen molar-refractivity contribution in [3.63, 3.8) is 0 Å². The second-order valence-corrected chi connectivity index (χ2v) is 6.34. The molecule has 1 atom stereocenters. The lowest BCUT2D eigenvalue weighted by Crippen LogP contribution is -2.51. The fraction of sp³-hybridized carbons (Fsp3) is 1.00. The number of piperazine rings is 1. The van der Waals surface area contributed by atoms with E-state index in [0.717, 1.165) is 26.1 Å². The van der Waals surface area contributed by atoms with Crippen LogP contribution in [0.5, 0.6) is 0 Å². The highest BCUT2D eigenvalue weighted by Crippen LogP contribution is 2.07. The Labute approximate surface area is 98.8 Å². The number of nitrogens with zero attached hydrogens (tertiary/aromatic N) is 2. The molecule has 0 aromatic carbocycles. The van der Waals surface area contributed by atoms with Crippen molar-refractivity contribution in [3.05, 3.63) is 0 Å². The molecule has 1 N–H and O–H groups in total. The number of hydrogen-bond acceptors (Lipinski definition) is 4. The Morgan fingerprint density at radius 3 is 2.19 bits per heavy atom. The van der Waals surface area contributed by atoms with Crippen LogP contribution >= 0.6 is 0 Å². The second kappa shape index (κ2) is 5.95. The van der Waals surface area contributed by atoms with E-state index in [0.29, 0.717) is 19.1 Å². The van der Waals surface area contributed by atoms with Gasteiger partial charge >= 0.3 is 0 Å². The molecule has 0 aromatic heterocycles. The second-order valence-electron chi connectivity index (χ2n) is 4.36. The molecule has 6 heteroatoms. The summed E-state index contributed by atoms with van der Waals surface area (Å²) in [6.07, 6.45) is 2.38. The lowest BCUT2D eigenvalue weighted by atomic mass is 10.2. The van der Waals surface area contributed by atoms with E-state index >= 15 is 0 Å². The summed E-state index contributed by atoms with van der Waals surface area (Å²) in [7, 11) is -1.02. The zero-order valence-electron chi connectivity index (χ0n) is 10.4. The highest BCUT2D eigenvalue weighted by atomic mass is 32.2. The van der Waals surface area contributed by atoms with Crippen LogP contribution in [0.2, 0.25) is 0 Å². The predicted octanol–water partition coefficient (Wildman–Crippen LogP) is -0.438. The summed E-state index contributed by atoms with van der Waals surface area (Å²) in [5, 5.41) is 3.27. The average Bonchev–Trinajstić information content (AvgIpc) is 2.25. The Morgan fingerprint density at radius 1 is 1.25 bits per heavy atom. The van der Waals surface area contributed by atoms with Crippen LogP contribution in [0.3, 0.4) is 0 Å². The standard InChI is InChI=1S/C10H23N3O2S/c1-4-10(11-2)9-12-5-7-13(8-6-12)16(3,14)15/h10-11H,4-9H2,1-3H3. The molecule has 1 unspecified atom stereocenters. The molecule has 0 amide bonds. The molecule has 0 spiro atoms. The summed E-state index contributed by atoms with van der Waals surface area (Å²) in [5.74, 6) is 0. The Bertz CT molecular complexity index is 293. The summed E-state index contributed by atoms with van der Waals surface area (Å²) in [6.45, 7) is 6.09. The highest BCUT2D eigenvalue weighted by molar-refractivity contribution is 7.88. The smallest absolute Gasteiger partial charge is 0.211 e. The van der Waals surface area contributed by atoms with Gasteiger partial charge in [-0.05, 0) is 13.5 Å². The van der Waals surface area contributed by atoms with Crippen molar-refractivity contribution >= 4 is 10.0 Å². The van der Waals surface area contributed by atoms with Crippen LogP contribution in [0.25, 0.3) is 0 Å². The van der Waals surface area contributed by atoms with Gasteiger partial charge in [-0.3, -0.25) is 4.90 Å². The third kappa shape index (κ3) is 4.01. The van der Waals surface area contributed by atoms with Gasteiger partial charge in [0.15, 0.2) is 0 Å². The fourth-order valence-corrected chi connectivity index (χ4v) is 2.81. The fourth-order valence-electron chi connectivity index (χ4n) is 1.98. The molecule has 0 saturated carbocycles. The van der Waals surface area contributed by atoms with Crippen LogP contribution in [0, 0.1) is 0 Å². The van der Waals surface area contributed by atoms with E-state index in [1.165, 1.54) is 6.26 Å². The molecule has 0 bridgehead atoms. The first-order chi connectivity index (χ1) is 7.47. The third-order valence-electron chi connectivity index (χ3n) is 3.18. The van der Waals surface area contributed by atoms with Crippen molar-refractivity contribution < 1.29 is 8.42 Å². The molecule has 1 aliphatic heterocycles. The summed E-state index contributed by atoms with van der Waals surface area (Å²) in [5.41, 5.74) is 0. The minimum atomic E-state index is -3.00. The van der Waals surface area contributed by atoms with E-state index in [4.69, 9.17) is 0 Å². The van der Waals surface area contributed by atoms with Crippen molar-refractivity contribution in [3.8, 4) is 0 Å². The maximum atomic E-state index is 11.3. The first-order valence-electron chi connectivity index (χ1n) is 5.82. The largest absolute Gasteiger partial charge is 0.316 e. The average molecular weight is 249 g/mol. The van der Waals surface area contributed by atoms with Gasteiger partial charge in [-0.15, -0.1) is 0 Å². The van der Waals surface area contributed by atoms with Crippen molar-refractivity contribution in [2.75, 3.05) is 46.0 Å². The van der Waals surface area contributed by atoms with Crippen LogP contribution in [0.1, 0.15) is 13.3 Å². The molecule has 16 heavy (non-hydrogen) atoms. The van der Waals surface area contributed by atoms with E-state index in [1.807, 2.05) is 7.05 Å².